The van der Waals surface area contributed by atoms with Crippen LogP contribution in [0.4, 0.5) is 0 Å². The summed E-state index contributed by atoms with van der Waals surface area (Å²) in [6.07, 6.45) is 0. The van der Waals surface area contributed by atoms with Gasteiger partial charge in [-0.2, -0.15) is 0 Å². The van der Waals surface area contributed by atoms with Crippen LogP contribution >= 0.6 is 11.3 Å². The molecule has 0 fully saturated rings. The van der Waals surface area contributed by atoms with Gasteiger partial charge in [0.15, 0.2) is 0 Å². The first kappa shape index (κ1) is 13.5. The van der Waals surface area contributed by atoms with Crippen LogP contribution in [-0.4, -0.2) is 10.5 Å². The Kier molecular flexibility index (Phi) is 3.55. The minimum atomic E-state index is -0.323. The predicted molar refractivity (Wildman–Crippen MR) is 83.3 cm³/mol. The van der Waals surface area contributed by atoms with Crippen molar-refractivity contribution in [2.45, 2.75) is 6.54 Å². The fraction of sp³-hybridized carbons (Fsp3) is 0.0667. The van der Waals surface area contributed by atoms with E-state index in [1.54, 1.807) is 16.7 Å². The highest BCUT2D eigenvalue weighted by Gasteiger charge is 2.09. The lowest BCUT2D eigenvalue weighted by Gasteiger charge is -2.08. The zero-order valence-corrected chi connectivity index (χ0v) is 11.9. The smallest absolute Gasteiger partial charge is 0.275 e. The maximum Gasteiger partial charge on any atom is 0.275 e. The Bertz CT molecular complexity index is 866. The predicted octanol–water partition coefficient (Wildman–Crippen LogP) is 1.71. The molecule has 3 aromatic rings. The first-order valence-corrected chi connectivity index (χ1v) is 7.19. The van der Waals surface area contributed by atoms with E-state index in [2.05, 4.69) is 5.43 Å². The molecule has 6 heteroatoms. The molecule has 2 aromatic heterocycles. The monoisotopic (exact) mass is 299 g/mol. The third kappa shape index (κ3) is 2.58. The number of aromatic nitrogens is 1. The molecule has 0 aliphatic carbocycles. The number of hydrogen-bond donors (Lipinski definition) is 2. The Morgan fingerprint density at radius 1 is 1.14 bits per heavy atom. The van der Waals surface area contributed by atoms with Gasteiger partial charge in [-0.15, -0.1) is 11.3 Å². The Morgan fingerprint density at radius 3 is 2.76 bits per heavy atom. The lowest BCUT2D eigenvalue weighted by Crippen LogP contribution is -2.29. The van der Waals surface area contributed by atoms with Crippen molar-refractivity contribution in [3.63, 3.8) is 0 Å². The average molecular weight is 299 g/mol. The van der Waals surface area contributed by atoms with Gasteiger partial charge in [0.2, 0.25) is 0 Å². The minimum absolute atomic E-state index is 0.0630. The van der Waals surface area contributed by atoms with Crippen LogP contribution in [0.25, 0.3) is 10.9 Å². The van der Waals surface area contributed by atoms with E-state index < -0.39 is 0 Å². The molecule has 0 saturated heterocycles. The highest BCUT2D eigenvalue weighted by molar-refractivity contribution is 7.14. The van der Waals surface area contributed by atoms with Crippen LogP contribution in [0.1, 0.15) is 14.5 Å². The normalized spacial score (nSPS) is 10.7. The maximum atomic E-state index is 12.1. The number of carbonyl (C=O) groups is 1. The van der Waals surface area contributed by atoms with Gasteiger partial charge in [-0.05, 0) is 29.7 Å². The van der Waals surface area contributed by atoms with Crippen molar-refractivity contribution in [2.75, 3.05) is 0 Å². The number of thiophene rings is 1. The molecule has 5 nitrogen and oxygen atoms in total. The molecule has 1 amide bonds. The summed E-state index contributed by atoms with van der Waals surface area (Å²) in [4.78, 5) is 25.0. The standard InChI is InChI=1S/C15H13N3O2S/c16-17-15(20)13-7-6-11(21-13)9-18-12-4-2-1-3-10(12)5-8-14(18)19/h1-8H,9,16H2,(H,17,20). The first-order chi connectivity index (χ1) is 10.2. The zero-order valence-electron chi connectivity index (χ0n) is 11.1. The number of nitrogens with zero attached hydrogens (tertiary/aromatic N) is 1. The Balaban J connectivity index is 2.02. The molecule has 1 aromatic carbocycles. The molecule has 106 valence electrons. The quantitative estimate of drug-likeness (QED) is 0.439. The number of nitrogen functional groups attached to an aromatic ring is 1. The zero-order chi connectivity index (χ0) is 14.8. The first-order valence-electron chi connectivity index (χ1n) is 6.37. The summed E-state index contributed by atoms with van der Waals surface area (Å²) in [5, 5.41) is 1.01. The van der Waals surface area contributed by atoms with E-state index in [4.69, 9.17) is 5.84 Å². The van der Waals surface area contributed by atoms with E-state index >= 15 is 0 Å². The van der Waals surface area contributed by atoms with Crippen LogP contribution in [0.15, 0.2) is 53.3 Å². The number of nitrogens with two attached hydrogens (primary N) is 1. The second kappa shape index (κ2) is 5.51. The van der Waals surface area contributed by atoms with Crippen LogP contribution < -0.4 is 16.8 Å². The number of rotatable bonds is 3. The van der Waals surface area contributed by atoms with E-state index in [1.807, 2.05) is 36.4 Å². The number of pyridine rings is 1. The van der Waals surface area contributed by atoms with E-state index in [-0.39, 0.29) is 11.5 Å². The molecule has 0 aliphatic heterocycles. The van der Waals surface area contributed by atoms with Gasteiger partial charge in [0, 0.05) is 10.9 Å². The number of carbonyl (C=O) groups excluding carboxylic acids is 1. The van der Waals surface area contributed by atoms with Crippen LogP contribution in [0.5, 0.6) is 0 Å². The van der Waals surface area contributed by atoms with Crippen LogP contribution in [-0.2, 0) is 6.54 Å². The van der Waals surface area contributed by atoms with Crippen molar-refractivity contribution < 1.29 is 4.79 Å². The summed E-state index contributed by atoms with van der Waals surface area (Å²) in [5.41, 5.74) is 2.92. The number of hydrogen-bond acceptors (Lipinski definition) is 4. The molecule has 0 aliphatic rings. The van der Waals surface area contributed by atoms with Crippen molar-refractivity contribution in [1.82, 2.24) is 9.99 Å². The van der Waals surface area contributed by atoms with E-state index in [0.29, 0.717) is 11.4 Å². The average Bonchev–Trinajstić information content (AvgIpc) is 2.98. The van der Waals surface area contributed by atoms with Crippen LogP contribution in [0, 0.1) is 0 Å². The SMILES string of the molecule is NNC(=O)c1ccc(Cn2c(=O)ccc3ccccc32)s1. The third-order valence-electron chi connectivity index (χ3n) is 3.23. The third-order valence-corrected chi connectivity index (χ3v) is 4.30. The van der Waals surface area contributed by atoms with Crippen molar-refractivity contribution in [2.24, 2.45) is 5.84 Å². The molecule has 3 N–H and O–H groups in total. The van der Waals surface area contributed by atoms with Gasteiger partial charge in [0.05, 0.1) is 16.9 Å². The molecule has 0 unspecified atom stereocenters. The molecule has 0 radical (unpaired) electrons. The number of amides is 1. The number of hydrazine groups is 1. The number of fused-ring (bicyclic) bond motifs is 1. The van der Waals surface area contributed by atoms with E-state index in [0.717, 1.165) is 15.8 Å². The largest absolute Gasteiger partial charge is 0.303 e. The van der Waals surface area contributed by atoms with Gasteiger partial charge in [-0.1, -0.05) is 18.2 Å². The van der Waals surface area contributed by atoms with Gasteiger partial charge in [0.25, 0.3) is 11.5 Å². The Labute approximate surface area is 124 Å². The molecule has 0 atom stereocenters. The second-order valence-electron chi connectivity index (χ2n) is 4.56. The molecule has 0 saturated carbocycles. The molecule has 3 rings (SSSR count). The van der Waals surface area contributed by atoms with E-state index in [9.17, 15) is 9.59 Å². The van der Waals surface area contributed by atoms with E-state index in [1.165, 1.54) is 11.3 Å². The summed E-state index contributed by atoms with van der Waals surface area (Å²) in [5.74, 6) is 4.79. The molecule has 0 spiro atoms. The highest BCUT2D eigenvalue weighted by atomic mass is 32.1. The Hall–Kier alpha value is -2.44. The number of nitrogens with one attached hydrogen (secondary N) is 1. The summed E-state index contributed by atoms with van der Waals surface area (Å²) < 4.78 is 1.70. The molecule has 21 heavy (non-hydrogen) atoms. The van der Waals surface area contributed by atoms with Crippen LogP contribution in [0.2, 0.25) is 0 Å². The van der Waals surface area contributed by atoms with Gasteiger partial charge in [0.1, 0.15) is 0 Å². The minimum Gasteiger partial charge on any atom is -0.303 e. The summed E-state index contributed by atoms with van der Waals surface area (Å²) >= 11 is 1.33. The molecular weight excluding hydrogens is 286 g/mol. The second-order valence-corrected chi connectivity index (χ2v) is 5.72. The Morgan fingerprint density at radius 2 is 1.95 bits per heavy atom. The van der Waals surface area contributed by atoms with Gasteiger partial charge < -0.3 is 4.57 Å². The topological polar surface area (TPSA) is 77.1 Å². The lowest BCUT2D eigenvalue weighted by atomic mass is 10.2. The van der Waals surface area contributed by atoms with Crippen molar-refractivity contribution in [3.8, 4) is 0 Å². The van der Waals surface area contributed by atoms with Crippen molar-refractivity contribution in [1.29, 1.82) is 0 Å². The van der Waals surface area contributed by atoms with Gasteiger partial charge in [-0.3, -0.25) is 15.0 Å². The molecule has 2 heterocycles. The number of benzene rings is 1. The van der Waals surface area contributed by atoms with Gasteiger partial charge in [-0.25, -0.2) is 5.84 Å². The summed E-state index contributed by atoms with van der Waals surface area (Å²) in [6, 6.07) is 14.6. The fourth-order valence-corrected chi connectivity index (χ4v) is 3.12. The van der Waals surface area contributed by atoms with Crippen LogP contribution in [0.3, 0.4) is 0 Å². The highest BCUT2D eigenvalue weighted by Crippen LogP contribution is 2.19. The van der Waals surface area contributed by atoms with Gasteiger partial charge >= 0.3 is 0 Å². The van der Waals surface area contributed by atoms with Crippen molar-refractivity contribution in [3.05, 3.63) is 68.6 Å². The van der Waals surface area contributed by atoms with Crippen molar-refractivity contribution >= 4 is 28.1 Å². The molecule has 0 bridgehead atoms. The lowest BCUT2D eigenvalue weighted by molar-refractivity contribution is 0.0957. The maximum absolute atomic E-state index is 12.1. The molecular formula is C15H13N3O2S. The number of para-hydroxylation sites is 1. The summed E-state index contributed by atoms with van der Waals surface area (Å²) in [6.45, 7) is 0.433. The fourth-order valence-electron chi connectivity index (χ4n) is 2.22. The summed E-state index contributed by atoms with van der Waals surface area (Å²) in [7, 11) is 0.